The lowest BCUT2D eigenvalue weighted by molar-refractivity contribution is -0.344. The van der Waals surface area contributed by atoms with E-state index in [0.29, 0.717) is 41.7 Å². The number of aromatic nitrogens is 2. The molecule has 56 heavy (non-hydrogen) atoms. The van der Waals surface area contributed by atoms with E-state index in [1.165, 1.54) is 5.32 Å². The van der Waals surface area contributed by atoms with E-state index in [9.17, 15) is 40.3 Å². The summed E-state index contributed by atoms with van der Waals surface area (Å²) in [6, 6.07) is 14.6. The Labute approximate surface area is 331 Å². The number of fused-ring (bicyclic) bond motifs is 2. The highest BCUT2D eigenvalue weighted by molar-refractivity contribution is 6.31. The van der Waals surface area contributed by atoms with Gasteiger partial charge in [0.25, 0.3) is 5.91 Å². The number of pyridine rings is 2. The number of nitrogens with one attached hydrogen (secondary N) is 4. The summed E-state index contributed by atoms with van der Waals surface area (Å²) in [6.07, 6.45) is -3.18. The van der Waals surface area contributed by atoms with Crippen molar-refractivity contribution in [1.82, 2.24) is 30.4 Å². The summed E-state index contributed by atoms with van der Waals surface area (Å²) >= 11 is 12.0. The summed E-state index contributed by atoms with van der Waals surface area (Å²) in [5, 5.41) is 14.0. The molecular weight excluding hydrogens is 792 g/mol. The smallest absolute Gasteiger partial charge is 0.383 e. The number of halogens is 9. The van der Waals surface area contributed by atoms with Gasteiger partial charge in [0, 0.05) is 104 Å². The largest absolute Gasteiger partial charge is 0.460 e. The van der Waals surface area contributed by atoms with Gasteiger partial charge in [0.2, 0.25) is 5.91 Å². The van der Waals surface area contributed by atoms with Gasteiger partial charge in [0.15, 0.2) is 0 Å². The lowest BCUT2D eigenvalue weighted by Crippen LogP contribution is -2.59. The summed E-state index contributed by atoms with van der Waals surface area (Å²) < 4.78 is 88.9. The van der Waals surface area contributed by atoms with Crippen LogP contribution in [0.25, 0.3) is 21.8 Å². The third kappa shape index (κ3) is 13.5. The van der Waals surface area contributed by atoms with Crippen LogP contribution in [0.1, 0.15) is 28.2 Å². The number of hydrogen-bond acceptors (Lipinski definition) is 8. The molecule has 0 radical (unpaired) electrons. The van der Waals surface area contributed by atoms with Crippen LogP contribution in [-0.2, 0) is 9.59 Å². The van der Waals surface area contributed by atoms with E-state index in [1.54, 1.807) is 55.4 Å². The van der Waals surface area contributed by atoms with Crippen molar-refractivity contribution >= 4 is 68.2 Å². The average Bonchev–Trinajstić information content (AvgIpc) is 3.12. The summed E-state index contributed by atoms with van der Waals surface area (Å²) in [6.45, 7) is 10.2. The minimum Gasteiger partial charge on any atom is -0.383 e. The standard InChI is InChI=1S/C19H20ClF7N4O.C17H23ClN4O.CH4/c1-2-31(10-8-30-16(32)17(21,22)18(23,24)19(25,26)27)9-7-29-14-5-6-28-15-11-12(20)3-4-13(14)15;1-3-22(10-8-19-13(2)23)11-9-21-16-6-7-20-17-12-14(18)4-5-15(16)17;/h3-6,11H,2,7-10H2,1H3,(H,28,29)(H,30,32);4-7,12H,3,8-11H2,1-2H3,(H,19,23)(H,20,21);1H4. The first kappa shape index (κ1) is 48.0. The van der Waals surface area contributed by atoms with Crippen molar-refractivity contribution in [3.05, 3.63) is 71.0 Å². The maximum Gasteiger partial charge on any atom is 0.460 e. The van der Waals surface area contributed by atoms with Gasteiger partial charge in [0.05, 0.1) is 11.0 Å². The van der Waals surface area contributed by atoms with Gasteiger partial charge in [-0.15, -0.1) is 0 Å². The number of carbonyl (C=O) groups excluding carboxylic acids is 2. The number of nitrogens with zero attached hydrogens (tertiary/aromatic N) is 4. The second-order valence-electron chi connectivity index (χ2n) is 12.1. The van der Waals surface area contributed by atoms with Crippen molar-refractivity contribution in [3.8, 4) is 0 Å². The van der Waals surface area contributed by atoms with Gasteiger partial charge in [0.1, 0.15) is 0 Å². The van der Waals surface area contributed by atoms with E-state index < -0.39 is 30.5 Å². The summed E-state index contributed by atoms with van der Waals surface area (Å²) in [7, 11) is 0. The quantitative estimate of drug-likeness (QED) is 0.0747. The van der Waals surface area contributed by atoms with Crippen LogP contribution in [0.15, 0.2) is 60.9 Å². The van der Waals surface area contributed by atoms with Crippen molar-refractivity contribution in [3.63, 3.8) is 0 Å². The summed E-state index contributed by atoms with van der Waals surface area (Å²) in [5.74, 6) is -15.1. The first-order chi connectivity index (χ1) is 25.9. The molecule has 0 aliphatic rings. The fourth-order valence-corrected chi connectivity index (χ4v) is 5.59. The van der Waals surface area contributed by atoms with Crippen LogP contribution in [0.3, 0.4) is 0 Å². The summed E-state index contributed by atoms with van der Waals surface area (Å²) in [4.78, 5) is 34.7. The van der Waals surface area contributed by atoms with E-state index in [4.69, 9.17) is 23.2 Å². The van der Waals surface area contributed by atoms with Crippen molar-refractivity contribution in [2.45, 2.75) is 46.2 Å². The number of amides is 2. The van der Waals surface area contributed by atoms with Crippen LogP contribution < -0.4 is 21.3 Å². The number of rotatable bonds is 18. The van der Waals surface area contributed by atoms with E-state index in [1.807, 2.05) is 24.3 Å². The molecule has 4 rings (SSSR count). The Morgan fingerprint density at radius 1 is 0.661 bits per heavy atom. The molecule has 0 spiro atoms. The van der Waals surface area contributed by atoms with Gasteiger partial charge in [-0.3, -0.25) is 19.6 Å². The highest BCUT2D eigenvalue weighted by Gasteiger charge is 2.76. The van der Waals surface area contributed by atoms with E-state index in [2.05, 4.69) is 37.7 Å². The van der Waals surface area contributed by atoms with Crippen LogP contribution >= 0.6 is 23.2 Å². The zero-order chi connectivity index (χ0) is 40.8. The monoisotopic (exact) mass is 838 g/mol. The van der Waals surface area contributed by atoms with Crippen molar-refractivity contribution in [2.24, 2.45) is 0 Å². The van der Waals surface area contributed by atoms with E-state index in [0.717, 1.165) is 53.8 Å². The van der Waals surface area contributed by atoms with Gasteiger partial charge in [-0.05, 0) is 61.6 Å². The van der Waals surface area contributed by atoms with E-state index in [-0.39, 0.29) is 19.9 Å². The lowest BCUT2D eigenvalue weighted by atomic mass is 10.1. The average molecular weight is 840 g/mol. The number of hydrogen-bond donors (Lipinski definition) is 4. The third-order valence-corrected chi connectivity index (χ3v) is 8.81. The molecule has 4 N–H and O–H groups in total. The second kappa shape index (κ2) is 21.9. The van der Waals surface area contributed by atoms with E-state index >= 15 is 0 Å². The second-order valence-corrected chi connectivity index (χ2v) is 13.0. The molecule has 19 heteroatoms. The first-order valence-corrected chi connectivity index (χ1v) is 18.0. The number of alkyl halides is 7. The zero-order valence-electron chi connectivity index (χ0n) is 30.4. The van der Waals surface area contributed by atoms with Crippen molar-refractivity contribution in [2.75, 3.05) is 76.1 Å². The maximum absolute atomic E-state index is 13.3. The fourth-order valence-electron chi connectivity index (χ4n) is 5.25. The van der Waals surface area contributed by atoms with Crippen LogP contribution in [0.4, 0.5) is 42.1 Å². The number of likely N-dealkylation sites (N-methyl/N-ethyl adjacent to an activating group) is 2. The number of benzene rings is 2. The molecule has 0 fully saturated rings. The van der Waals surface area contributed by atoms with Gasteiger partial charge < -0.3 is 31.1 Å². The molecule has 2 aromatic heterocycles. The third-order valence-electron chi connectivity index (χ3n) is 8.34. The Kier molecular flexibility index (Phi) is 18.8. The number of anilines is 2. The Morgan fingerprint density at radius 2 is 1.07 bits per heavy atom. The Balaban J connectivity index is 0.000000399. The Hall–Kier alpha value is -4.19. The molecule has 0 aliphatic heterocycles. The van der Waals surface area contributed by atoms with Gasteiger partial charge in [-0.2, -0.15) is 30.7 Å². The lowest BCUT2D eigenvalue weighted by Gasteiger charge is -2.27. The maximum atomic E-state index is 13.3. The molecule has 2 heterocycles. The molecule has 10 nitrogen and oxygen atoms in total. The SMILES string of the molecule is C.CCN(CCNC(=O)C(F)(F)C(F)(F)C(F)(F)F)CCNc1ccnc2cc(Cl)ccc12.CCN(CCNC(C)=O)CCNc1ccnc2cc(Cl)ccc12. The van der Waals surface area contributed by atoms with Crippen molar-refractivity contribution in [1.29, 1.82) is 0 Å². The minimum atomic E-state index is -6.56. The van der Waals surface area contributed by atoms with Gasteiger partial charge >= 0.3 is 18.0 Å². The Bertz CT molecular complexity index is 1870. The molecular formula is C37H47Cl2F7N8O2. The fraction of sp³-hybridized carbons (Fsp3) is 0.459. The van der Waals surface area contributed by atoms with Gasteiger partial charge in [-0.1, -0.05) is 44.5 Å². The molecule has 4 aromatic rings. The molecule has 2 aromatic carbocycles. The number of carbonyl (C=O) groups is 2. The molecule has 0 bridgehead atoms. The normalized spacial score (nSPS) is 11.9. The topological polar surface area (TPSA) is 115 Å². The van der Waals surface area contributed by atoms with Gasteiger partial charge in [-0.25, -0.2) is 0 Å². The van der Waals surface area contributed by atoms with Crippen LogP contribution in [0.5, 0.6) is 0 Å². The highest BCUT2D eigenvalue weighted by atomic mass is 35.5. The molecule has 0 saturated heterocycles. The van der Waals surface area contributed by atoms with Crippen molar-refractivity contribution < 1.29 is 40.3 Å². The Morgan fingerprint density at radius 3 is 1.46 bits per heavy atom. The molecule has 0 aliphatic carbocycles. The zero-order valence-corrected chi connectivity index (χ0v) is 31.9. The summed E-state index contributed by atoms with van der Waals surface area (Å²) in [5.41, 5.74) is 3.39. The minimum absolute atomic E-state index is 0. The predicted molar refractivity (Wildman–Crippen MR) is 209 cm³/mol. The molecule has 0 atom stereocenters. The van der Waals surface area contributed by atoms with Crippen LogP contribution in [-0.4, -0.2) is 115 Å². The molecule has 310 valence electrons. The molecule has 2 amide bonds. The molecule has 0 saturated carbocycles. The highest BCUT2D eigenvalue weighted by Crippen LogP contribution is 2.46. The van der Waals surface area contributed by atoms with Crippen LogP contribution in [0.2, 0.25) is 10.0 Å². The van der Waals surface area contributed by atoms with Crippen LogP contribution in [0, 0.1) is 0 Å². The predicted octanol–water partition coefficient (Wildman–Crippen LogP) is 7.97. The molecule has 0 unspecified atom stereocenters. The first-order valence-electron chi connectivity index (χ1n) is 17.3.